The lowest BCUT2D eigenvalue weighted by Crippen LogP contribution is -2.55. The van der Waals surface area contributed by atoms with E-state index in [0.29, 0.717) is 38.0 Å². The van der Waals surface area contributed by atoms with Crippen LogP contribution >= 0.6 is 11.8 Å². The largest absolute Gasteiger partial charge is 0.508 e. The minimum absolute atomic E-state index is 0.0802. The Morgan fingerprint density at radius 2 is 1.62 bits per heavy atom. The van der Waals surface area contributed by atoms with Gasteiger partial charge in [0.1, 0.15) is 17.8 Å². The quantitative estimate of drug-likeness (QED) is 0.0838. The first-order chi connectivity index (χ1) is 21.7. The van der Waals surface area contributed by atoms with E-state index in [1.165, 1.54) is 12.1 Å². The zero-order chi connectivity index (χ0) is 32.6. The molecule has 14 heteroatoms. The summed E-state index contributed by atoms with van der Waals surface area (Å²) in [4.78, 5) is 74.6. The Balaban J connectivity index is 1.60. The van der Waals surface area contributed by atoms with Gasteiger partial charge in [-0.1, -0.05) is 54.2 Å². The second kappa shape index (κ2) is 18.4. The van der Waals surface area contributed by atoms with Gasteiger partial charge in [-0.15, -0.1) is 0 Å². The van der Waals surface area contributed by atoms with Crippen LogP contribution in [0, 0.1) is 0 Å². The molecule has 3 rings (SSSR count). The molecule has 1 aliphatic heterocycles. The van der Waals surface area contributed by atoms with Crippen molar-refractivity contribution in [3.05, 3.63) is 65.7 Å². The third kappa shape index (κ3) is 12.2. The van der Waals surface area contributed by atoms with Gasteiger partial charge in [-0.2, -0.15) is 0 Å². The number of carbonyl (C=O) groups is 6. The van der Waals surface area contributed by atoms with Crippen molar-refractivity contribution >= 4 is 46.9 Å². The summed E-state index contributed by atoms with van der Waals surface area (Å²) in [5.74, 6) is -1.63. The number of nitrogens with one attached hydrogen (secondary N) is 5. The van der Waals surface area contributed by atoms with E-state index in [1.807, 2.05) is 30.3 Å². The van der Waals surface area contributed by atoms with Crippen LogP contribution in [0.4, 0.5) is 0 Å². The molecule has 2 aromatic carbocycles. The molecule has 1 heterocycles. The minimum atomic E-state index is -1.01. The molecule has 4 atom stereocenters. The Kier molecular flexibility index (Phi) is 14.3. The number of rotatable bonds is 18. The lowest BCUT2D eigenvalue weighted by atomic mass is 10.0. The first-order valence-electron chi connectivity index (χ1n) is 14.7. The van der Waals surface area contributed by atoms with Crippen LogP contribution in [0.15, 0.2) is 54.6 Å². The van der Waals surface area contributed by atoms with E-state index in [-0.39, 0.29) is 30.1 Å². The van der Waals surface area contributed by atoms with Crippen molar-refractivity contribution < 1.29 is 33.9 Å². The van der Waals surface area contributed by atoms with Crippen LogP contribution in [-0.4, -0.2) is 83.3 Å². The molecule has 0 spiro atoms. The molecule has 5 amide bonds. The van der Waals surface area contributed by atoms with Crippen molar-refractivity contribution in [1.82, 2.24) is 26.6 Å². The predicted molar refractivity (Wildman–Crippen MR) is 169 cm³/mol. The summed E-state index contributed by atoms with van der Waals surface area (Å²) < 4.78 is 0. The van der Waals surface area contributed by atoms with E-state index >= 15 is 0 Å². The van der Waals surface area contributed by atoms with Gasteiger partial charge in [0.25, 0.3) is 0 Å². The normalized spacial score (nSPS) is 16.1. The molecular formula is C31H40N6O7S. The van der Waals surface area contributed by atoms with Crippen molar-refractivity contribution in [1.29, 1.82) is 0 Å². The molecule has 0 saturated carbocycles. The van der Waals surface area contributed by atoms with E-state index in [2.05, 4.69) is 26.6 Å². The highest BCUT2D eigenvalue weighted by Crippen LogP contribution is 2.19. The lowest BCUT2D eigenvalue weighted by Gasteiger charge is -2.22. The van der Waals surface area contributed by atoms with Crippen molar-refractivity contribution in [2.45, 2.75) is 62.7 Å². The maximum Gasteiger partial charge on any atom is 0.243 e. The molecule has 0 radical (unpaired) electrons. The number of aromatic hydroxyl groups is 1. The van der Waals surface area contributed by atoms with Crippen molar-refractivity contribution in [3.8, 4) is 5.75 Å². The smallest absolute Gasteiger partial charge is 0.243 e. The predicted octanol–water partition coefficient (Wildman–Crippen LogP) is -0.345. The van der Waals surface area contributed by atoms with Crippen molar-refractivity contribution in [3.63, 3.8) is 0 Å². The number of hydrogen-bond acceptors (Lipinski definition) is 9. The van der Waals surface area contributed by atoms with E-state index < -0.39 is 54.3 Å². The number of nitrogens with two attached hydrogens (primary N) is 1. The number of phenolic OH excluding ortho intramolecular Hbond substituents is 1. The fraction of sp³-hybridized carbons (Fsp3) is 0.419. The summed E-state index contributed by atoms with van der Waals surface area (Å²) in [6.07, 6.45) is 2.68. The number of carbonyl (C=O) groups excluding carboxylic acids is 6. The zero-order valence-electron chi connectivity index (χ0n) is 24.8. The molecule has 1 saturated heterocycles. The Hall–Kier alpha value is -4.43. The van der Waals surface area contributed by atoms with Crippen molar-refractivity contribution in [2.24, 2.45) is 5.73 Å². The van der Waals surface area contributed by atoms with Gasteiger partial charge in [0, 0.05) is 18.7 Å². The topological polar surface area (TPSA) is 209 Å². The van der Waals surface area contributed by atoms with Crippen LogP contribution in [0.2, 0.25) is 0 Å². The maximum absolute atomic E-state index is 13.1. The highest BCUT2D eigenvalue weighted by molar-refractivity contribution is 8.14. The standard InChI is InChI=1S/C31H40N6O7S/c32-23(16-21-9-11-22(39)12-10-21)28(41)36-24(8-4-5-14-33-19-38)29(42)34-18-27(40)35-26(17-20-6-2-1-3-7-20)30(43)37-25-13-15-45-31(25)44/h1-3,6-7,9-12,19,23-26,39H,4-5,8,13-18,32H2,(H,33,38)(H,34,42)(H,35,40)(H,36,41)(H,37,43)/t23-,24+,25?,26-/m0/s1. The average molecular weight is 641 g/mol. The van der Waals surface area contributed by atoms with Gasteiger partial charge >= 0.3 is 0 Å². The van der Waals surface area contributed by atoms with E-state index in [4.69, 9.17) is 5.73 Å². The summed E-state index contributed by atoms with van der Waals surface area (Å²) in [6.45, 7) is -0.0706. The highest BCUT2D eigenvalue weighted by Gasteiger charge is 2.31. The average Bonchev–Trinajstić information content (AvgIpc) is 3.43. The molecule has 0 aromatic heterocycles. The second-order valence-corrected chi connectivity index (χ2v) is 11.8. The van der Waals surface area contributed by atoms with Gasteiger partial charge in [-0.05, 0) is 55.4 Å². The molecule has 2 aromatic rings. The van der Waals surface area contributed by atoms with E-state index in [0.717, 1.165) is 22.9 Å². The Morgan fingerprint density at radius 3 is 2.29 bits per heavy atom. The van der Waals surface area contributed by atoms with Crippen LogP contribution < -0.4 is 32.3 Å². The van der Waals surface area contributed by atoms with Crippen LogP contribution in [0.1, 0.15) is 36.8 Å². The molecule has 0 bridgehead atoms. The Bertz CT molecular complexity index is 1310. The Labute approximate surface area is 265 Å². The summed E-state index contributed by atoms with van der Waals surface area (Å²) in [5.41, 5.74) is 7.60. The summed E-state index contributed by atoms with van der Waals surface area (Å²) >= 11 is 1.15. The van der Waals surface area contributed by atoms with Gasteiger partial charge in [0.15, 0.2) is 0 Å². The van der Waals surface area contributed by atoms with Crippen molar-refractivity contribution in [2.75, 3.05) is 18.8 Å². The zero-order valence-corrected chi connectivity index (χ0v) is 25.6. The molecule has 242 valence electrons. The number of phenols is 1. The SMILES string of the molecule is N[C@@H](Cc1ccc(O)cc1)C(=O)N[C@H](CCCCNC=O)C(=O)NCC(=O)N[C@@H](Cc1ccccc1)C(=O)NC1CCSC1=O. The van der Waals surface area contributed by atoms with Gasteiger partial charge in [-0.3, -0.25) is 28.8 Å². The van der Waals surface area contributed by atoms with Crippen LogP contribution in [-0.2, 0) is 41.6 Å². The minimum Gasteiger partial charge on any atom is -0.508 e. The highest BCUT2D eigenvalue weighted by atomic mass is 32.2. The fourth-order valence-corrected chi connectivity index (χ4v) is 5.59. The Morgan fingerprint density at radius 1 is 0.911 bits per heavy atom. The molecule has 13 nitrogen and oxygen atoms in total. The molecule has 1 fully saturated rings. The van der Waals surface area contributed by atoms with Crippen LogP contribution in [0.5, 0.6) is 5.75 Å². The molecule has 0 aliphatic carbocycles. The van der Waals surface area contributed by atoms with E-state index in [1.54, 1.807) is 12.1 Å². The lowest BCUT2D eigenvalue weighted by molar-refractivity contribution is -0.132. The number of thioether (sulfide) groups is 1. The maximum atomic E-state index is 13.1. The van der Waals surface area contributed by atoms with Gasteiger partial charge in [0.05, 0.1) is 18.6 Å². The number of benzene rings is 2. The number of unbranched alkanes of at least 4 members (excludes halogenated alkanes) is 1. The molecule has 8 N–H and O–H groups in total. The van der Waals surface area contributed by atoms with Crippen LogP contribution in [0.25, 0.3) is 0 Å². The molecule has 45 heavy (non-hydrogen) atoms. The monoisotopic (exact) mass is 640 g/mol. The summed E-state index contributed by atoms with van der Waals surface area (Å²) in [5, 5.41) is 22.4. The molecule has 1 aliphatic rings. The first kappa shape index (κ1) is 35.1. The van der Waals surface area contributed by atoms with Gasteiger partial charge < -0.3 is 37.4 Å². The number of amides is 5. The third-order valence-corrected chi connectivity index (χ3v) is 8.13. The molecular weight excluding hydrogens is 600 g/mol. The van der Waals surface area contributed by atoms with E-state index in [9.17, 15) is 33.9 Å². The van der Waals surface area contributed by atoms with Crippen LogP contribution in [0.3, 0.4) is 0 Å². The van der Waals surface area contributed by atoms with Gasteiger partial charge in [0.2, 0.25) is 35.2 Å². The summed E-state index contributed by atoms with van der Waals surface area (Å²) in [7, 11) is 0. The first-order valence-corrected chi connectivity index (χ1v) is 15.7. The third-order valence-electron chi connectivity index (χ3n) is 7.12. The molecule has 1 unspecified atom stereocenters. The van der Waals surface area contributed by atoms with Gasteiger partial charge in [-0.25, -0.2) is 0 Å². The number of hydrogen-bond donors (Lipinski definition) is 7. The summed E-state index contributed by atoms with van der Waals surface area (Å²) in [6, 6.07) is 11.7. The second-order valence-electron chi connectivity index (χ2n) is 10.7. The fourth-order valence-electron chi connectivity index (χ4n) is 4.65.